The number of aliphatic hydroxyl groups excluding tert-OH is 3. The molecule has 0 bridgehead atoms. The topological polar surface area (TPSA) is 115 Å². The molecule has 2 aliphatic rings. The van der Waals surface area contributed by atoms with Crippen molar-refractivity contribution in [1.82, 2.24) is 0 Å². The summed E-state index contributed by atoms with van der Waals surface area (Å²) < 4.78 is 22.0. The van der Waals surface area contributed by atoms with Gasteiger partial charge in [0.25, 0.3) is 0 Å². The van der Waals surface area contributed by atoms with E-state index in [-0.39, 0.29) is 12.7 Å². The molecule has 0 unspecified atom stereocenters. The molecule has 184 valence electrons. The quantitative estimate of drug-likeness (QED) is 0.504. The predicted molar refractivity (Wildman–Crippen MR) is 123 cm³/mol. The summed E-state index contributed by atoms with van der Waals surface area (Å²) >= 11 is 6.44. The van der Waals surface area contributed by atoms with Crippen molar-refractivity contribution in [3.05, 3.63) is 64.2 Å². The lowest BCUT2D eigenvalue weighted by atomic mass is 9.90. The number of carbonyl (C=O) groups is 1. The van der Waals surface area contributed by atoms with E-state index in [1.165, 1.54) is 6.92 Å². The van der Waals surface area contributed by atoms with Crippen LogP contribution in [0.2, 0.25) is 5.02 Å². The van der Waals surface area contributed by atoms with Gasteiger partial charge in [0.15, 0.2) is 0 Å². The van der Waals surface area contributed by atoms with Gasteiger partial charge in [-0.3, -0.25) is 4.79 Å². The SMILES string of the molecule is CC(=O)OC[C@@H]1O[C@@H](c2ccc(Cl)c(Cc3ccc(O[C@@H]4CCOC4)cc3)c2)[C@H](O)[C@@H](O)[C@@H]1O. The summed E-state index contributed by atoms with van der Waals surface area (Å²) in [7, 11) is 0. The Morgan fingerprint density at radius 3 is 2.53 bits per heavy atom. The first-order valence-corrected chi connectivity index (χ1v) is 11.6. The van der Waals surface area contributed by atoms with E-state index < -0.39 is 36.5 Å². The van der Waals surface area contributed by atoms with Gasteiger partial charge in [0, 0.05) is 18.4 Å². The van der Waals surface area contributed by atoms with E-state index in [2.05, 4.69) is 0 Å². The molecule has 2 fully saturated rings. The fraction of sp³-hybridized carbons (Fsp3) is 0.480. The average Bonchev–Trinajstić information content (AvgIpc) is 3.33. The molecule has 2 heterocycles. The van der Waals surface area contributed by atoms with Gasteiger partial charge in [-0.1, -0.05) is 35.9 Å². The molecule has 0 saturated carbocycles. The van der Waals surface area contributed by atoms with Crippen LogP contribution in [0.5, 0.6) is 5.75 Å². The number of hydrogen-bond acceptors (Lipinski definition) is 8. The van der Waals surface area contributed by atoms with Gasteiger partial charge in [-0.15, -0.1) is 0 Å². The Balaban J connectivity index is 1.48. The minimum atomic E-state index is -1.46. The first-order valence-electron chi connectivity index (χ1n) is 11.3. The third-order valence-corrected chi connectivity index (χ3v) is 6.44. The zero-order valence-electron chi connectivity index (χ0n) is 18.8. The highest BCUT2D eigenvalue weighted by Gasteiger charge is 2.44. The molecule has 2 aromatic rings. The van der Waals surface area contributed by atoms with Crippen LogP contribution in [0.3, 0.4) is 0 Å². The highest BCUT2D eigenvalue weighted by molar-refractivity contribution is 6.31. The minimum absolute atomic E-state index is 0.0810. The van der Waals surface area contributed by atoms with Crippen molar-refractivity contribution in [2.45, 2.75) is 56.4 Å². The van der Waals surface area contributed by atoms with Gasteiger partial charge in [-0.25, -0.2) is 0 Å². The summed E-state index contributed by atoms with van der Waals surface area (Å²) in [5.41, 5.74) is 2.42. The van der Waals surface area contributed by atoms with Gasteiger partial charge >= 0.3 is 5.97 Å². The molecule has 6 atom stereocenters. The second-order valence-electron chi connectivity index (χ2n) is 8.64. The maximum atomic E-state index is 11.2. The van der Waals surface area contributed by atoms with Crippen molar-refractivity contribution >= 4 is 17.6 Å². The second kappa shape index (κ2) is 11.0. The number of ether oxygens (including phenoxy) is 4. The average molecular weight is 493 g/mol. The standard InChI is InChI=1S/C25H29ClO8/c1-14(27)32-13-21-22(28)23(29)24(30)25(34-21)16-4-7-20(26)17(11-16)10-15-2-5-18(6-3-15)33-19-8-9-31-12-19/h2-7,11,19,21-25,28-30H,8-10,12-13H2,1H3/t19-,21+,22-,23+,24-,25+/m1/s1. The largest absolute Gasteiger partial charge is 0.488 e. The lowest BCUT2D eigenvalue weighted by Crippen LogP contribution is -2.55. The Kier molecular flexibility index (Phi) is 8.08. The lowest BCUT2D eigenvalue weighted by molar-refractivity contribution is -0.234. The summed E-state index contributed by atoms with van der Waals surface area (Å²) in [6.45, 7) is 2.33. The molecule has 0 radical (unpaired) electrons. The Morgan fingerprint density at radius 1 is 1.09 bits per heavy atom. The molecule has 8 nitrogen and oxygen atoms in total. The van der Waals surface area contributed by atoms with Gasteiger partial charge in [0.2, 0.25) is 0 Å². The smallest absolute Gasteiger partial charge is 0.302 e. The van der Waals surface area contributed by atoms with E-state index in [9.17, 15) is 20.1 Å². The third kappa shape index (κ3) is 5.89. The van der Waals surface area contributed by atoms with Crippen LogP contribution in [0.15, 0.2) is 42.5 Å². The van der Waals surface area contributed by atoms with Crippen molar-refractivity contribution in [3.63, 3.8) is 0 Å². The van der Waals surface area contributed by atoms with Crippen LogP contribution in [-0.2, 0) is 25.4 Å². The monoisotopic (exact) mass is 492 g/mol. The van der Waals surface area contributed by atoms with Crippen molar-refractivity contribution in [2.75, 3.05) is 19.8 Å². The van der Waals surface area contributed by atoms with E-state index in [0.717, 1.165) is 29.9 Å². The lowest BCUT2D eigenvalue weighted by Gasteiger charge is -2.40. The number of halogens is 1. The van der Waals surface area contributed by atoms with Crippen LogP contribution in [0.1, 0.15) is 36.1 Å². The van der Waals surface area contributed by atoms with Crippen molar-refractivity contribution in [2.24, 2.45) is 0 Å². The normalized spacial score (nSPS) is 29.1. The van der Waals surface area contributed by atoms with Gasteiger partial charge in [0.05, 0.1) is 13.2 Å². The molecule has 9 heteroatoms. The zero-order chi connectivity index (χ0) is 24.2. The van der Waals surface area contributed by atoms with Gasteiger partial charge < -0.3 is 34.3 Å². The van der Waals surface area contributed by atoms with Crippen molar-refractivity contribution < 1.29 is 39.1 Å². The van der Waals surface area contributed by atoms with Crippen LogP contribution >= 0.6 is 11.6 Å². The zero-order valence-corrected chi connectivity index (χ0v) is 19.6. The molecule has 34 heavy (non-hydrogen) atoms. The van der Waals surface area contributed by atoms with E-state index in [4.69, 9.17) is 30.5 Å². The van der Waals surface area contributed by atoms with Crippen LogP contribution in [0, 0.1) is 0 Å². The second-order valence-corrected chi connectivity index (χ2v) is 9.05. The van der Waals surface area contributed by atoms with Gasteiger partial charge in [0.1, 0.15) is 49.0 Å². The van der Waals surface area contributed by atoms with Gasteiger partial charge in [-0.05, 0) is 41.3 Å². The van der Waals surface area contributed by atoms with Crippen molar-refractivity contribution in [3.8, 4) is 5.75 Å². The summed E-state index contributed by atoms with van der Waals surface area (Å²) in [4.78, 5) is 11.2. The van der Waals surface area contributed by atoms with E-state index in [0.29, 0.717) is 23.6 Å². The predicted octanol–water partition coefficient (Wildman–Crippen LogP) is 2.18. The minimum Gasteiger partial charge on any atom is -0.488 e. The number of benzene rings is 2. The Labute approximate surface area is 203 Å². The molecule has 0 aliphatic carbocycles. The highest BCUT2D eigenvalue weighted by atomic mass is 35.5. The molecule has 2 aromatic carbocycles. The van der Waals surface area contributed by atoms with Crippen LogP contribution in [0.25, 0.3) is 0 Å². The molecule has 0 aromatic heterocycles. The number of aliphatic hydroxyl groups is 3. The molecule has 0 amide bonds. The Bertz CT molecular complexity index is 975. The third-order valence-electron chi connectivity index (χ3n) is 6.07. The summed E-state index contributed by atoms with van der Waals surface area (Å²) in [6.07, 6.45) is -4.64. The molecule has 2 saturated heterocycles. The van der Waals surface area contributed by atoms with E-state index >= 15 is 0 Å². The molecular weight excluding hydrogens is 464 g/mol. The van der Waals surface area contributed by atoms with Crippen LogP contribution in [-0.4, -0.2) is 71.6 Å². The molecule has 4 rings (SSSR count). The molecule has 0 spiro atoms. The maximum Gasteiger partial charge on any atom is 0.302 e. The Hall–Kier alpha value is -2.20. The molecule has 2 aliphatic heterocycles. The number of carbonyl (C=O) groups excluding carboxylic acids is 1. The fourth-order valence-electron chi connectivity index (χ4n) is 4.17. The van der Waals surface area contributed by atoms with Crippen LogP contribution in [0.4, 0.5) is 0 Å². The summed E-state index contributed by atoms with van der Waals surface area (Å²) in [6, 6.07) is 13.0. The van der Waals surface area contributed by atoms with E-state index in [1.807, 2.05) is 30.3 Å². The molecule has 3 N–H and O–H groups in total. The number of rotatable bonds is 7. The fourth-order valence-corrected chi connectivity index (χ4v) is 4.36. The highest BCUT2D eigenvalue weighted by Crippen LogP contribution is 2.34. The van der Waals surface area contributed by atoms with Gasteiger partial charge in [-0.2, -0.15) is 0 Å². The number of hydrogen-bond donors (Lipinski definition) is 3. The summed E-state index contributed by atoms with van der Waals surface area (Å²) in [5.74, 6) is 0.249. The van der Waals surface area contributed by atoms with E-state index in [1.54, 1.807) is 12.1 Å². The Morgan fingerprint density at radius 2 is 1.85 bits per heavy atom. The number of esters is 1. The van der Waals surface area contributed by atoms with Crippen molar-refractivity contribution in [1.29, 1.82) is 0 Å². The first-order chi connectivity index (χ1) is 16.3. The molecular formula is C25H29ClO8. The summed E-state index contributed by atoms with van der Waals surface area (Å²) in [5, 5.41) is 31.7. The van der Waals surface area contributed by atoms with Crippen LogP contribution < -0.4 is 4.74 Å². The maximum absolute atomic E-state index is 11.2. The first kappa shape index (κ1) is 24.9.